The second-order valence-electron chi connectivity index (χ2n) is 7.49. The maximum Gasteiger partial charge on any atom is 0.255 e. The maximum absolute atomic E-state index is 12.7. The van der Waals surface area contributed by atoms with E-state index in [1.807, 2.05) is 20.8 Å². The second-order valence-corrected chi connectivity index (χ2v) is 7.49. The molecule has 1 fully saturated rings. The molecule has 0 radical (unpaired) electrons. The molecule has 3 heterocycles. The van der Waals surface area contributed by atoms with E-state index < -0.39 is 6.04 Å². The highest BCUT2D eigenvalue weighted by atomic mass is 16.2. The molecule has 1 N–H and O–H groups in total. The number of hydrogen-bond donors (Lipinski definition) is 1. The SMILES string of the molecule is Cn1cc(N2CC[C@H](NC(=O)c3cn(C)nc3C(C)(C)C)C2=O)cn1. The number of anilines is 1. The Bertz CT molecular complexity index is 813. The van der Waals surface area contributed by atoms with E-state index in [0.29, 0.717) is 18.5 Å². The first-order chi connectivity index (χ1) is 11.7. The molecule has 0 bridgehead atoms. The molecule has 25 heavy (non-hydrogen) atoms. The van der Waals surface area contributed by atoms with Crippen molar-refractivity contribution in [3.05, 3.63) is 29.8 Å². The highest BCUT2D eigenvalue weighted by Gasteiger charge is 2.35. The predicted octanol–water partition coefficient (Wildman–Crippen LogP) is 0.986. The lowest BCUT2D eigenvalue weighted by molar-refractivity contribution is -0.118. The van der Waals surface area contributed by atoms with Gasteiger partial charge in [-0.15, -0.1) is 0 Å². The van der Waals surface area contributed by atoms with E-state index in [0.717, 1.165) is 11.4 Å². The van der Waals surface area contributed by atoms with Crippen molar-refractivity contribution in [2.45, 2.75) is 38.6 Å². The van der Waals surface area contributed by atoms with Gasteiger partial charge in [-0.25, -0.2) is 0 Å². The van der Waals surface area contributed by atoms with E-state index in [1.54, 1.807) is 46.9 Å². The van der Waals surface area contributed by atoms with Crippen molar-refractivity contribution >= 4 is 17.5 Å². The van der Waals surface area contributed by atoms with Crippen molar-refractivity contribution in [1.82, 2.24) is 24.9 Å². The number of nitrogens with one attached hydrogen (secondary N) is 1. The summed E-state index contributed by atoms with van der Waals surface area (Å²) >= 11 is 0. The Labute approximate surface area is 146 Å². The number of carbonyl (C=O) groups excluding carboxylic acids is 2. The van der Waals surface area contributed by atoms with Gasteiger partial charge < -0.3 is 10.2 Å². The van der Waals surface area contributed by atoms with Crippen LogP contribution >= 0.6 is 0 Å². The van der Waals surface area contributed by atoms with Gasteiger partial charge in [0, 0.05) is 38.4 Å². The lowest BCUT2D eigenvalue weighted by Gasteiger charge is -2.18. The molecule has 2 aromatic rings. The molecular weight excluding hydrogens is 320 g/mol. The zero-order valence-corrected chi connectivity index (χ0v) is 15.3. The largest absolute Gasteiger partial charge is 0.340 e. The normalized spacial score (nSPS) is 18.0. The highest BCUT2D eigenvalue weighted by molar-refractivity contribution is 6.04. The van der Waals surface area contributed by atoms with E-state index in [2.05, 4.69) is 15.5 Å². The average Bonchev–Trinajstić information content (AvgIpc) is 3.19. The fourth-order valence-electron chi connectivity index (χ4n) is 3.06. The molecule has 1 saturated heterocycles. The van der Waals surface area contributed by atoms with Crippen LogP contribution in [0.1, 0.15) is 43.2 Å². The molecule has 1 atom stereocenters. The minimum atomic E-state index is -0.527. The number of aryl methyl sites for hydroxylation is 2. The van der Waals surface area contributed by atoms with Crippen molar-refractivity contribution in [1.29, 1.82) is 0 Å². The van der Waals surface area contributed by atoms with E-state index in [-0.39, 0.29) is 17.2 Å². The van der Waals surface area contributed by atoms with Crippen molar-refractivity contribution in [3.8, 4) is 0 Å². The summed E-state index contributed by atoms with van der Waals surface area (Å²) in [5.74, 6) is -0.369. The Morgan fingerprint density at radius 3 is 2.56 bits per heavy atom. The Kier molecular flexibility index (Phi) is 4.14. The molecule has 2 aromatic heterocycles. The van der Waals surface area contributed by atoms with Crippen LogP contribution < -0.4 is 10.2 Å². The number of amides is 2. The molecule has 8 heteroatoms. The fourth-order valence-corrected chi connectivity index (χ4v) is 3.06. The van der Waals surface area contributed by atoms with Crippen molar-refractivity contribution in [2.75, 3.05) is 11.4 Å². The maximum atomic E-state index is 12.7. The van der Waals surface area contributed by atoms with Crippen LogP contribution in [0.2, 0.25) is 0 Å². The Morgan fingerprint density at radius 2 is 1.96 bits per heavy atom. The summed E-state index contributed by atoms with van der Waals surface area (Å²) in [4.78, 5) is 27.0. The van der Waals surface area contributed by atoms with Crippen LogP contribution in [-0.4, -0.2) is 44.0 Å². The standard InChI is InChI=1S/C17H24N6O2/c1-17(2,3)14-12(10-22(5)20-14)15(24)19-13-6-7-23(16(13)25)11-8-18-21(4)9-11/h8-10,13H,6-7H2,1-5H3,(H,19,24)/t13-/m0/s1. The quantitative estimate of drug-likeness (QED) is 0.900. The highest BCUT2D eigenvalue weighted by Crippen LogP contribution is 2.25. The van der Waals surface area contributed by atoms with E-state index >= 15 is 0 Å². The van der Waals surface area contributed by atoms with Crippen LogP contribution in [0.4, 0.5) is 5.69 Å². The third kappa shape index (κ3) is 3.29. The van der Waals surface area contributed by atoms with Gasteiger partial charge in [0.2, 0.25) is 5.91 Å². The Balaban J connectivity index is 1.75. The van der Waals surface area contributed by atoms with Crippen LogP contribution in [0.15, 0.2) is 18.6 Å². The van der Waals surface area contributed by atoms with Crippen molar-refractivity contribution < 1.29 is 9.59 Å². The summed E-state index contributed by atoms with van der Waals surface area (Å²) in [7, 11) is 3.59. The number of hydrogen-bond acceptors (Lipinski definition) is 4. The molecular formula is C17H24N6O2. The monoisotopic (exact) mass is 344 g/mol. The summed E-state index contributed by atoms with van der Waals surface area (Å²) < 4.78 is 3.29. The first-order valence-electron chi connectivity index (χ1n) is 8.32. The van der Waals surface area contributed by atoms with Crippen molar-refractivity contribution in [2.24, 2.45) is 14.1 Å². The van der Waals surface area contributed by atoms with Crippen LogP contribution in [0, 0.1) is 0 Å². The third-order valence-corrected chi connectivity index (χ3v) is 4.30. The van der Waals surface area contributed by atoms with Gasteiger partial charge in [0.1, 0.15) is 6.04 Å². The van der Waals surface area contributed by atoms with Gasteiger partial charge in [-0.05, 0) is 6.42 Å². The third-order valence-electron chi connectivity index (χ3n) is 4.30. The van der Waals surface area contributed by atoms with Crippen LogP contribution in [0.3, 0.4) is 0 Å². The van der Waals surface area contributed by atoms with Crippen LogP contribution in [-0.2, 0) is 24.3 Å². The van der Waals surface area contributed by atoms with Crippen LogP contribution in [0.25, 0.3) is 0 Å². The average molecular weight is 344 g/mol. The van der Waals surface area contributed by atoms with Crippen LogP contribution in [0.5, 0.6) is 0 Å². The molecule has 8 nitrogen and oxygen atoms in total. The number of aromatic nitrogens is 4. The first kappa shape index (κ1) is 17.2. The molecule has 3 rings (SSSR count). The van der Waals surface area contributed by atoms with Crippen molar-refractivity contribution in [3.63, 3.8) is 0 Å². The molecule has 0 saturated carbocycles. The van der Waals surface area contributed by atoms with Gasteiger partial charge in [-0.3, -0.25) is 19.0 Å². The fraction of sp³-hybridized carbons (Fsp3) is 0.529. The summed E-state index contributed by atoms with van der Waals surface area (Å²) in [6, 6.07) is -0.527. The summed E-state index contributed by atoms with van der Waals surface area (Å²) in [5.41, 5.74) is 1.74. The first-order valence-corrected chi connectivity index (χ1v) is 8.32. The van der Waals surface area contributed by atoms with Gasteiger partial charge in [-0.1, -0.05) is 20.8 Å². The van der Waals surface area contributed by atoms with Gasteiger partial charge in [0.25, 0.3) is 5.91 Å². The van der Waals surface area contributed by atoms with Gasteiger partial charge in [-0.2, -0.15) is 10.2 Å². The smallest absolute Gasteiger partial charge is 0.255 e. The predicted molar refractivity (Wildman–Crippen MR) is 93.3 cm³/mol. The molecule has 0 aromatic carbocycles. The van der Waals surface area contributed by atoms with Gasteiger partial charge in [0.15, 0.2) is 0 Å². The lowest BCUT2D eigenvalue weighted by atomic mass is 9.89. The molecule has 0 aliphatic carbocycles. The number of rotatable bonds is 3. The second kappa shape index (κ2) is 6.02. The van der Waals surface area contributed by atoms with Gasteiger partial charge in [0.05, 0.1) is 23.1 Å². The minimum Gasteiger partial charge on any atom is -0.340 e. The molecule has 0 spiro atoms. The summed E-state index contributed by atoms with van der Waals surface area (Å²) in [6.07, 6.45) is 5.72. The molecule has 0 unspecified atom stereocenters. The number of nitrogens with zero attached hydrogens (tertiary/aromatic N) is 5. The molecule has 1 aliphatic heterocycles. The van der Waals surface area contributed by atoms with E-state index in [1.165, 1.54) is 0 Å². The molecule has 134 valence electrons. The Morgan fingerprint density at radius 1 is 1.24 bits per heavy atom. The zero-order chi connectivity index (χ0) is 18.4. The lowest BCUT2D eigenvalue weighted by Crippen LogP contribution is -2.42. The topological polar surface area (TPSA) is 85.0 Å². The zero-order valence-electron chi connectivity index (χ0n) is 15.3. The van der Waals surface area contributed by atoms with E-state index in [9.17, 15) is 9.59 Å². The summed E-state index contributed by atoms with van der Waals surface area (Å²) in [5, 5.41) is 11.4. The molecule has 2 amide bonds. The minimum absolute atomic E-state index is 0.109. The summed E-state index contributed by atoms with van der Waals surface area (Å²) in [6.45, 7) is 6.60. The molecule has 1 aliphatic rings. The van der Waals surface area contributed by atoms with Gasteiger partial charge >= 0.3 is 0 Å². The number of carbonyl (C=O) groups is 2. The van der Waals surface area contributed by atoms with E-state index in [4.69, 9.17) is 0 Å². The Hall–Kier alpha value is -2.64.